The first-order valence-electron chi connectivity index (χ1n) is 8.68. The molecule has 1 aliphatic rings. The maximum absolute atomic E-state index is 6.48. The van der Waals surface area contributed by atoms with Crippen LogP contribution in [0, 0.1) is 0 Å². The van der Waals surface area contributed by atoms with Crippen LogP contribution in [0.5, 0.6) is 0 Å². The van der Waals surface area contributed by atoms with Crippen molar-refractivity contribution in [1.29, 1.82) is 0 Å². The standard InChI is InChI=1S/C23H19N2.ClH/c24-25-15-18-11-5-6-12-19(18)22-21(16-8-2-1-3-9-16)14-17-10-4-7-13-20(17)23(22)25;/h1-13,15,21H,14,24H2;1H/q+1;/p-1. The molecule has 1 atom stereocenters. The quantitative estimate of drug-likeness (QED) is 0.402. The Kier molecular flexibility index (Phi) is 4.14. The van der Waals surface area contributed by atoms with Crippen molar-refractivity contribution in [3.8, 4) is 11.3 Å². The van der Waals surface area contributed by atoms with E-state index in [1.807, 2.05) is 10.9 Å². The van der Waals surface area contributed by atoms with Crippen molar-refractivity contribution >= 4 is 10.8 Å². The monoisotopic (exact) mass is 358 g/mol. The Balaban J connectivity index is 0.00000168. The third-order valence-corrected chi connectivity index (χ3v) is 5.29. The molecular weight excluding hydrogens is 340 g/mol. The maximum atomic E-state index is 6.48. The molecule has 0 amide bonds. The zero-order chi connectivity index (χ0) is 16.8. The highest BCUT2D eigenvalue weighted by molar-refractivity contribution is 5.90. The molecule has 2 N–H and O–H groups in total. The molecule has 0 fully saturated rings. The molecule has 2 nitrogen and oxygen atoms in total. The molecule has 1 aliphatic carbocycles. The second-order valence-corrected chi connectivity index (χ2v) is 6.71. The molecular formula is C23H19ClN2. The predicted octanol–water partition coefficient (Wildman–Crippen LogP) is 1.20. The Labute approximate surface area is 159 Å². The summed E-state index contributed by atoms with van der Waals surface area (Å²) in [6.07, 6.45) is 3.04. The fourth-order valence-corrected chi connectivity index (χ4v) is 4.19. The van der Waals surface area contributed by atoms with E-state index in [0.29, 0.717) is 5.92 Å². The summed E-state index contributed by atoms with van der Waals surface area (Å²) < 4.78 is 1.81. The number of hydrogen-bond acceptors (Lipinski definition) is 1. The molecule has 128 valence electrons. The Bertz CT molecular complexity index is 1090. The van der Waals surface area contributed by atoms with Gasteiger partial charge in [-0.25, -0.2) is 5.84 Å². The van der Waals surface area contributed by atoms with Gasteiger partial charge in [-0.15, -0.1) is 0 Å². The van der Waals surface area contributed by atoms with E-state index >= 15 is 0 Å². The number of nitrogens with zero attached hydrogens (tertiary/aromatic N) is 1. The molecule has 0 aliphatic heterocycles. The van der Waals surface area contributed by atoms with Crippen molar-refractivity contribution in [3.05, 3.63) is 102 Å². The second kappa shape index (κ2) is 6.47. The number of fused-ring (bicyclic) bond motifs is 5. The normalized spacial score (nSPS) is 15.0. The van der Waals surface area contributed by atoms with Gasteiger partial charge in [0.1, 0.15) is 0 Å². The Hall–Kier alpha value is -2.84. The third kappa shape index (κ3) is 2.46. The lowest BCUT2D eigenvalue weighted by atomic mass is 9.76. The Morgan fingerprint density at radius 2 is 1.50 bits per heavy atom. The summed E-state index contributed by atoms with van der Waals surface area (Å²) >= 11 is 0. The predicted molar refractivity (Wildman–Crippen MR) is 102 cm³/mol. The van der Waals surface area contributed by atoms with Crippen LogP contribution in [-0.2, 0) is 6.42 Å². The van der Waals surface area contributed by atoms with E-state index in [1.165, 1.54) is 33.0 Å². The van der Waals surface area contributed by atoms with Crippen LogP contribution in [0.25, 0.3) is 22.0 Å². The lowest BCUT2D eigenvalue weighted by molar-refractivity contribution is -0.626. The van der Waals surface area contributed by atoms with E-state index in [1.54, 1.807) is 0 Å². The highest BCUT2D eigenvalue weighted by atomic mass is 35.5. The molecule has 0 bridgehead atoms. The smallest absolute Gasteiger partial charge is 0.246 e. The third-order valence-electron chi connectivity index (χ3n) is 5.29. The van der Waals surface area contributed by atoms with Crippen LogP contribution >= 0.6 is 0 Å². The van der Waals surface area contributed by atoms with Gasteiger partial charge in [0.05, 0.1) is 5.56 Å². The van der Waals surface area contributed by atoms with Gasteiger partial charge in [-0.05, 0) is 35.1 Å². The summed E-state index contributed by atoms with van der Waals surface area (Å²) in [4.78, 5) is 0. The van der Waals surface area contributed by atoms with Gasteiger partial charge in [-0.2, -0.15) is 0 Å². The van der Waals surface area contributed by atoms with Crippen LogP contribution in [0.1, 0.15) is 22.6 Å². The molecule has 3 heteroatoms. The molecule has 5 rings (SSSR count). The van der Waals surface area contributed by atoms with E-state index in [4.69, 9.17) is 5.84 Å². The molecule has 0 saturated carbocycles. The van der Waals surface area contributed by atoms with Crippen LogP contribution in [0.15, 0.2) is 85.1 Å². The minimum absolute atomic E-state index is 0. The molecule has 0 saturated heterocycles. The number of rotatable bonds is 1. The first-order chi connectivity index (χ1) is 12.3. The van der Waals surface area contributed by atoms with Gasteiger partial charge in [-0.1, -0.05) is 71.4 Å². The Morgan fingerprint density at radius 3 is 2.35 bits per heavy atom. The number of benzene rings is 3. The lowest BCUT2D eigenvalue weighted by Crippen LogP contribution is -3.00. The summed E-state index contributed by atoms with van der Waals surface area (Å²) in [6.45, 7) is 0. The van der Waals surface area contributed by atoms with Gasteiger partial charge >= 0.3 is 0 Å². The summed E-state index contributed by atoms with van der Waals surface area (Å²) in [7, 11) is 0. The van der Waals surface area contributed by atoms with Gasteiger partial charge in [0.15, 0.2) is 0 Å². The SMILES string of the molecule is N[n+]1cc2ccccc2c2c1-c1ccccc1CC2c1ccccc1.[Cl-]. The van der Waals surface area contributed by atoms with Crippen LogP contribution in [0.4, 0.5) is 0 Å². The first-order valence-corrected chi connectivity index (χ1v) is 8.68. The van der Waals surface area contributed by atoms with Crippen molar-refractivity contribution in [2.24, 2.45) is 0 Å². The van der Waals surface area contributed by atoms with Crippen molar-refractivity contribution in [3.63, 3.8) is 0 Å². The average Bonchev–Trinajstić information content (AvgIpc) is 2.67. The zero-order valence-electron chi connectivity index (χ0n) is 14.3. The average molecular weight is 359 g/mol. The molecule has 26 heavy (non-hydrogen) atoms. The number of halogens is 1. The van der Waals surface area contributed by atoms with E-state index in [2.05, 4.69) is 78.9 Å². The van der Waals surface area contributed by atoms with Gasteiger partial charge in [0, 0.05) is 16.9 Å². The van der Waals surface area contributed by atoms with E-state index < -0.39 is 0 Å². The van der Waals surface area contributed by atoms with Crippen molar-refractivity contribution < 1.29 is 17.1 Å². The number of nitrogen functional groups attached to an aromatic ring is 1. The topological polar surface area (TPSA) is 29.9 Å². The van der Waals surface area contributed by atoms with Crippen LogP contribution in [0.2, 0.25) is 0 Å². The highest BCUT2D eigenvalue weighted by Crippen LogP contribution is 2.43. The molecule has 0 spiro atoms. The van der Waals surface area contributed by atoms with Gasteiger partial charge < -0.3 is 12.4 Å². The van der Waals surface area contributed by atoms with Crippen LogP contribution < -0.4 is 22.9 Å². The van der Waals surface area contributed by atoms with Crippen LogP contribution in [-0.4, -0.2) is 0 Å². The summed E-state index contributed by atoms with van der Waals surface area (Å²) in [5, 5.41) is 2.48. The van der Waals surface area contributed by atoms with Gasteiger partial charge in [0.2, 0.25) is 11.9 Å². The zero-order valence-corrected chi connectivity index (χ0v) is 15.0. The largest absolute Gasteiger partial charge is 1.00 e. The molecule has 0 radical (unpaired) electrons. The van der Waals surface area contributed by atoms with E-state index in [9.17, 15) is 0 Å². The van der Waals surface area contributed by atoms with Crippen molar-refractivity contribution in [2.75, 3.05) is 5.84 Å². The van der Waals surface area contributed by atoms with Crippen molar-refractivity contribution in [2.45, 2.75) is 12.3 Å². The molecule has 1 aromatic heterocycles. The molecule has 3 aromatic carbocycles. The first kappa shape index (κ1) is 16.6. The number of pyridine rings is 1. The maximum Gasteiger partial charge on any atom is 0.246 e. The van der Waals surface area contributed by atoms with E-state index in [0.717, 1.165) is 12.1 Å². The molecule has 1 unspecified atom stereocenters. The Morgan fingerprint density at radius 1 is 0.808 bits per heavy atom. The fraction of sp³-hybridized carbons (Fsp3) is 0.0870. The van der Waals surface area contributed by atoms with Crippen LogP contribution in [0.3, 0.4) is 0 Å². The molecule has 1 heterocycles. The highest BCUT2D eigenvalue weighted by Gasteiger charge is 2.34. The van der Waals surface area contributed by atoms with Crippen molar-refractivity contribution in [1.82, 2.24) is 0 Å². The lowest BCUT2D eigenvalue weighted by Gasteiger charge is -2.26. The number of nitrogens with two attached hydrogens (primary N) is 1. The minimum atomic E-state index is 0. The fourth-order valence-electron chi connectivity index (χ4n) is 4.19. The summed E-state index contributed by atoms with van der Waals surface area (Å²) in [6, 6.07) is 28.0. The second-order valence-electron chi connectivity index (χ2n) is 6.71. The van der Waals surface area contributed by atoms with Gasteiger partial charge in [0.25, 0.3) is 0 Å². The van der Waals surface area contributed by atoms with Gasteiger partial charge in [-0.3, -0.25) is 0 Å². The summed E-state index contributed by atoms with van der Waals surface area (Å²) in [5.74, 6) is 6.79. The summed E-state index contributed by atoms with van der Waals surface area (Å²) in [5.41, 5.74) is 6.42. The number of aromatic nitrogens is 1. The number of hydrogen-bond donors (Lipinski definition) is 1. The minimum Gasteiger partial charge on any atom is -1.00 e. The molecule has 4 aromatic rings. The van der Waals surface area contributed by atoms with E-state index in [-0.39, 0.29) is 12.4 Å².